The molecule has 0 radical (unpaired) electrons. The number of benzene rings is 1. The van der Waals surface area contributed by atoms with E-state index in [1.165, 1.54) is 0 Å². The van der Waals surface area contributed by atoms with E-state index in [0.717, 1.165) is 30.7 Å². The van der Waals surface area contributed by atoms with Crippen LogP contribution in [0.15, 0.2) is 24.3 Å². The lowest BCUT2D eigenvalue weighted by Crippen LogP contribution is -2.51. The zero-order valence-corrected chi connectivity index (χ0v) is 12.7. The predicted octanol–water partition coefficient (Wildman–Crippen LogP) is 1.43. The third-order valence-electron chi connectivity index (χ3n) is 3.74. The number of halogens is 1. The van der Waals surface area contributed by atoms with Crippen LogP contribution in [0.4, 0.5) is 0 Å². The molecule has 0 spiro atoms. The SMILES string of the molecule is Cl.O=C(NC1CCCOc2ccccc21)C1COCCN1. The number of hydrogen-bond donors (Lipinski definition) is 2. The summed E-state index contributed by atoms with van der Waals surface area (Å²) < 4.78 is 11.1. The maximum atomic E-state index is 12.3. The lowest BCUT2D eigenvalue weighted by molar-refractivity contribution is -0.126. The Hall–Kier alpha value is -1.30. The summed E-state index contributed by atoms with van der Waals surface area (Å²) in [5.41, 5.74) is 1.06. The van der Waals surface area contributed by atoms with Gasteiger partial charge in [0.05, 0.1) is 25.9 Å². The third-order valence-corrected chi connectivity index (χ3v) is 3.74. The Kier molecular flexibility index (Phi) is 5.85. The van der Waals surface area contributed by atoms with Gasteiger partial charge in [-0.25, -0.2) is 0 Å². The molecule has 1 fully saturated rings. The quantitative estimate of drug-likeness (QED) is 0.867. The Bertz CT molecular complexity index is 478. The van der Waals surface area contributed by atoms with Gasteiger partial charge in [-0.05, 0) is 18.9 Å². The van der Waals surface area contributed by atoms with Crippen molar-refractivity contribution in [3.63, 3.8) is 0 Å². The molecule has 2 unspecified atom stereocenters. The molecule has 116 valence electrons. The molecule has 1 aromatic carbocycles. The van der Waals surface area contributed by atoms with Gasteiger partial charge in [-0.3, -0.25) is 4.79 Å². The van der Waals surface area contributed by atoms with Crippen molar-refractivity contribution >= 4 is 18.3 Å². The summed E-state index contributed by atoms with van der Waals surface area (Å²) in [5, 5.41) is 6.30. The number of ether oxygens (including phenoxy) is 2. The van der Waals surface area contributed by atoms with Crippen molar-refractivity contribution in [3.8, 4) is 5.75 Å². The second kappa shape index (κ2) is 7.64. The first-order valence-corrected chi connectivity index (χ1v) is 7.18. The van der Waals surface area contributed by atoms with E-state index in [0.29, 0.717) is 19.8 Å². The molecule has 2 atom stereocenters. The zero-order valence-electron chi connectivity index (χ0n) is 11.8. The largest absolute Gasteiger partial charge is 0.493 e. The Morgan fingerprint density at radius 2 is 2.14 bits per heavy atom. The molecule has 21 heavy (non-hydrogen) atoms. The minimum absolute atomic E-state index is 0. The fourth-order valence-electron chi connectivity index (χ4n) is 2.68. The Morgan fingerprint density at radius 3 is 2.95 bits per heavy atom. The summed E-state index contributed by atoms with van der Waals surface area (Å²) in [6, 6.07) is 7.69. The highest BCUT2D eigenvalue weighted by Crippen LogP contribution is 2.31. The predicted molar refractivity (Wildman–Crippen MR) is 81.9 cm³/mol. The number of para-hydroxylation sites is 1. The number of rotatable bonds is 2. The molecule has 0 aromatic heterocycles. The van der Waals surface area contributed by atoms with Crippen LogP contribution in [0.3, 0.4) is 0 Å². The van der Waals surface area contributed by atoms with Gasteiger partial charge in [0.1, 0.15) is 11.8 Å². The molecular weight excluding hydrogens is 292 g/mol. The van der Waals surface area contributed by atoms with E-state index in [-0.39, 0.29) is 30.4 Å². The molecule has 1 amide bonds. The van der Waals surface area contributed by atoms with Crippen molar-refractivity contribution in [2.75, 3.05) is 26.4 Å². The number of amides is 1. The van der Waals surface area contributed by atoms with Crippen LogP contribution in [0.1, 0.15) is 24.4 Å². The summed E-state index contributed by atoms with van der Waals surface area (Å²) in [6.07, 6.45) is 1.84. The van der Waals surface area contributed by atoms with Gasteiger partial charge in [0.15, 0.2) is 0 Å². The van der Waals surface area contributed by atoms with Crippen LogP contribution in [-0.2, 0) is 9.53 Å². The van der Waals surface area contributed by atoms with Crippen LogP contribution in [0.5, 0.6) is 5.75 Å². The smallest absolute Gasteiger partial charge is 0.240 e. The first kappa shape index (κ1) is 16.1. The van der Waals surface area contributed by atoms with Gasteiger partial charge in [0.2, 0.25) is 5.91 Å². The Balaban J connectivity index is 0.00000161. The maximum Gasteiger partial charge on any atom is 0.240 e. The van der Waals surface area contributed by atoms with E-state index in [1.54, 1.807) is 0 Å². The minimum Gasteiger partial charge on any atom is -0.493 e. The molecule has 2 aliphatic rings. The van der Waals surface area contributed by atoms with Gasteiger partial charge in [0, 0.05) is 12.1 Å². The molecule has 3 rings (SSSR count). The number of fused-ring (bicyclic) bond motifs is 1. The fourth-order valence-corrected chi connectivity index (χ4v) is 2.68. The van der Waals surface area contributed by atoms with Crippen molar-refractivity contribution in [3.05, 3.63) is 29.8 Å². The first-order chi connectivity index (χ1) is 9.84. The van der Waals surface area contributed by atoms with Gasteiger partial charge in [0.25, 0.3) is 0 Å². The molecule has 0 bridgehead atoms. The van der Waals surface area contributed by atoms with Crippen LogP contribution in [0, 0.1) is 0 Å². The standard InChI is InChI=1S/C15H20N2O3.ClH/c18-15(13-10-19-9-7-16-13)17-12-5-3-8-20-14-6-2-1-4-11(12)14;/h1-2,4,6,12-13,16H,3,5,7-10H2,(H,17,18);1H. The van der Waals surface area contributed by atoms with Crippen LogP contribution < -0.4 is 15.4 Å². The number of nitrogens with one attached hydrogen (secondary N) is 2. The van der Waals surface area contributed by atoms with Crippen LogP contribution in [-0.4, -0.2) is 38.3 Å². The number of morpholine rings is 1. The number of hydrogen-bond acceptors (Lipinski definition) is 4. The van der Waals surface area contributed by atoms with E-state index in [1.807, 2.05) is 24.3 Å². The Labute approximate surface area is 130 Å². The van der Waals surface area contributed by atoms with Gasteiger partial charge in [-0.1, -0.05) is 18.2 Å². The van der Waals surface area contributed by atoms with E-state index in [2.05, 4.69) is 10.6 Å². The fraction of sp³-hybridized carbons (Fsp3) is 0.533. The van der Waals surface area contributed by atoms with Crippen LogP contribution in [0.25, 0.3) is 0 Å². The third kappa shape index (κ3) is 3.87. The Morgan fingerprint density at radius 1 is 1.29 bits per heavy atom. The molecule has 2 heterocycles. The van der Waals surface area contributed by atoms with E-state index in [4.69, 9.17) is 9.47 Å². The second-order valence-corrected chi connectivity index (χ2v) is 5.17. The molecule has 5 nitrogen and oxygen atoms in total. The summed E-state index contributed by atoms with van der Waals surface area (Å²) in [6.45, 7) is 2.54. The molecule has 0 saturated carbocycles. The zero-order chi connectivity index (χ0) is 13.8. The molecule has 1 aromatic rings. The van der Waals surface area contributed by atoms with Crippen molar-refractivity contribution < 1.29 is 14.3 Å². The molecule has 2 aliphatic heterocycles. The number of carbonyl (C=O) groups excluding carboxylic acids is 1. The lowest BCUT2D eigenvalue weighted by atomic mass is 10.0. The van der Waals surface area contributed by atoms with E-state index in [9.17, 15) is 4.79 Å². The summed E-state index contributed by atoms with van der Waals surface area (Å²) >= 11 is 0. The highest BCUT2D eigenvalue weighted by atomic mass is 35.5. The van der Waals surface area contributed by atoms with Gasteiger partial charge < -0.3 is 20.1 Å². The van der Waals surface area contributed by atoms with E-state index < -0.39 is 0 Å². The van der Waals surface area contributed by atoms with Crippen molar-refractivity contribution in [2.24, 2.45) is 0 Å². The lowest BCUT2D eigenvalue weighted by Gasteiger charge is -2.26. The van der Waals surface area contributed by atoms with Crippen LogP contribution >= 0.6 is 12.4 Å². The second-order valence-electron chi connectivity index (χ2n) is 5.17. The molecule has 1 saturated heterocycles. The van der Waals surface area contributed by atoms with Crippen molar-refractivity contribution in [1.29, 1.82) is 0 Å². The average Bonchev–Trinajstić information content (AvgIpc) is 2.71. The summed E-state index contributed by atoms with van der Waals surface area (Å²) in [5.74, 6) is 0.884. The van der Waals surface area contributed by atoms with Gasteiger partial charge in [-0.2, -0.15) is 0 Å². The minimum atomic E-state index is -0.250. The van der Waals surface area contributed by atoms with Crippen LogP contribution in [0.2, 0.25) is 0 Å². The van der Waals surface area contributed by atoms with Crippen molar-refractivity contribution in [2.45, 2.75) is 24.9 Å². The number of carbonyl (C=O) groups is 1. The van der Waals surface area contributed by atoms with E-state index >= 15 is 0 Å². The molecule has 0 aliphatic carbocycles. The van der Waals surface area contributed by atoms with Gasteiger partial charge >= 0.3 is 0 Å². The molecular formula is C15H21ClN2O3. The van der Waals surface area contributed by atoms with Crippen molar-refractivity contribution in [1.82, 2.24) is 10.6 Å². The molecule has 2 N–H and O–H groups in total. The normalized spacial score (nSPS) is 24.8. The highest BCUT2D eigenvalue weighted by Gasteiger charge is 2.26. The summed E-state index contributed by atoms with van der Waals surface area (Å²) in [4.78, 5) is 12.3. The average molecular weight is 313 g/mol. The highest BCUT2D eigenvalue weighted by molar-refractivity contribution is 5.85. The first-order valence-electron chi connectivity index (χ1n) is 7.18. The monoisotopic (exact) mass is 312 g/mol. The molecule has 6 heteroatoms. The topological polar surface area (TPSA) is 59.6 Å². The maximum absolute atomic E-state index is 12.3. The van der Waals surface area contributed by atoms with Gasteiger partial charge in [-0.15, -0.1) is 12.4 Å². The summed E-state index contributed by atoms with van der Waals surface area (Å²) in [7, 11) is 0.